The molecular weight excluding hydrogens is 1060 g/mol. The molecule has 0 aliphatic heterocycles. The number of fused-ring (bicyclic) bond motifs is 12. The summed E-state index contributed by atoms with van der Waals surface area (Å²) in [6, 6.07) is 62.1. The predicted molar refractivity (Wildman–Crippen MR) is 388 cm³/mol. The minimum Gasteiger partial charge on any atom is -0.305 e. The molecule has 6 heteroatoms. The van der Waals surface area contributed by atoms with E-state index < -0.39 is 0 Å². The molecule has 0 saturated carbocycles. The van der Waals surface area contributed by atoms with Crippen molar-refractivity contribution in [1.82, 2.24) is 19.6 Å². The molecule has 0 atom stereocenters. The first-order valence-electron chi connectivity index (χ1n) is 31.7. The van der Waals surface area contributed by atoms with Crippen LogP contribution in [0.1, 0.15) is 155 Å². The average Bonchev–Trinajstić information content (AvgIpc) is 4.50. The van der Waals surface area contributed by atoms with Crippen LogP contribution >= 0.6 is 22.7 Å². The lowest BCUT2D eigenvalue weighted by Gasteiger charge is -2.10. The summed E-state index contributed by atoms with van der Waals surface area (Å²) in [4.78, 5) is 8.85. The second-order valence-electron chi connectivity index (χ2n) is 19.5. The van der Waals surface area contributed by atoms with Crippen molar-refractivity contribution in [3.8, 4) is 22.3 Å². The molecule has 0 saturated heterocycles. The molecule has 8 aromatic carbocycles. The average molecular weight is 1170 g/mol. The number of rotatable bonds is 8. The lowest BCUT2D eigenvalue weighted by molar-refractivity contribution is 0.402. The zero-order chi connectivity index (χ0) is 63.3. The Bertz CT molecular complexity index is 3030. The molecular formula is C78H112N4S2. The highest BCUT2D eigenvalue weighted by molar-refractivity contribution is 7.26. The van der Waals surface area contributed by atoms with Gasteiger partial charge in [0.1, 0.15) is 0 Å². The van der Waals surface area contributed by atoms with Crippen molar-refractivity contribution in [1.29, 1.82) is 0 Å². The Morgan fingerprint density at radius 3 is 0.726 bits per heavy atom. The smallest absolute Gasteiger partial charge is 0.0358 e. The fourth-order valence-electron chi connectivity index (χ4n) is 9.75. The summed E-state index contributed by atoms with van der Waals surface area (Å²) in [5.74, 6) is 0. The number of nitrogens with zero attached hydrogens (tertiary/aromatic N) is 4. The van der Waals surface area contributed by atoms with Crippen molar-refractivity contribution in [3.05, 3.63) is 214 Å². The van der Waals surface area contributed by atoms with Crippen LogP contribution in [0.4, 0.5) is 0 Å². The molecule has 12 rings (SSSR count). The molecule has 0 amide bonds. The highest BCUT2D eigenvalue weighted by atomic mass is 32.1. The van der Waals surface area contributed by atoms with E-state index in [1.165, 1.54) is 107 Å². The van der Waals surface area contributed by atoms with Gasteiger partial charge in [-0.25, -0.2) is 0 Å². The van der Waals surface area contributed by atoms with Crippen molar-refractivity contribution in [2.75, 3.05) is 56.4 Å². The van der Waals surface area contributed by atoms with E-state index in [9.17, 15) is 0 Å². The molecule has 2 aliphatic rings. The van der Waals surface area contributed by atoms with Crippen LogP contribution in [0.2, 0.25) is 0 Å². The van der Waals surface area contributed by atoms with E-state index in [2.05, 4.69) is 246 Å². The molecule has 0 spiro atoms. The van der Waals surface area contributed by atoms with E-state index in [4.69, 9.17) is 0 Å². The van der Waals surface area contributed by atoms with Crippen molar-refractivity contribution in [2.45, 2.75) is 150 Å². The minimum atomic E-state index is 0.992. The van der Waals surface area contributed by atoms with Gasteiger partial charge >= 0.3 is 0 Å². The van der Waals surface area contributed by atoms with Gasteiger partial charge in [0.2, 0.25) is 0 Å². The van der Waals surface area contributed by atoms with Gasteiger partial charge in [0.05, 0.1) is 0 Å². The Labute approximate surface area is 522 Å². The molecule has 84 heavy (non-hydrogen) atoms. The third-order valence-corrected chi connectivity index (χ3v) is 14.9. The number of benzene rings is 8. The van der Waals surface area contributed by atoms with Gasteiger partial charge in [0, 0.05) is 66.5 Å². The SMILES string of the molecule is CC.CC.CC.CC.CC.CC.CC.CC.CN(C)Cc1ccc2c(c1)sc1ccc(CN(C)C)cc12.CN(C)Cc1ccc2c(c1)sc1ccc(CN(C)C)cc12.c1ccc2c(c1)Cc1ccccc1-2.c1ccc2c(c1)Cc1ccccc1-2. The van der Waals surface area contributed by atoms with E-state index in [1.807, 2.05) is 133 Å². The molecule has 0 unspecified atom stereocenters. The summed E-state index contributed by atoms with van der Waals surface area (Å²) in [7, 11) is 16.9. The quantitative estimate of drug-likeness (QED) is 0.150. The fourth-order valence-corrected chi connectivity index (χ4v) is 12.1. The van der Waals surface area contributed by atoms with Crippen molar-refractivity contribution < 1.29 is 0 Å². The van der Waals surface area contributed by atoms with Gasteiger partial charge in [0.25, 0.3) is 0 Å². The number of hydrogen-bond donors (Lipinski definition) is 0. The maximum atomic E-state index is 2.35. The van der Waals surface area contributed by atoms with Gasteiger partial charge in [-0.2, -0.15) is 0 Å². The van der Waals surface area contributed by atoms with Crippen LogP contribution in [0.5, 0.6) is 0 Å². The van der Waals surface area contributed by atoms with Gasteiger partial charge < -0.3 is 19.6 Å². The summed E-state index contributed by atoms with van der Waals surface area (Å²) >= 11 is 3.80. The van der Waals surface area contributed by atoms with Crippen LogP contribution in [-0.2, 0) is 39.0 Å². The molecule has 4 nitrogen and oxygen atoms in total. The topological polar surface area (TPSA) is 13.0 Å². The van der Waals surface area contributed by atoms with Crippen LogP contribution in [0.25, 0.3) is 62.6 Å². The van der Waals surface area contributed by atoms with Crippen molar-refractivity contribution in [2.24, 2.45) is 0 Å². The monoisotopic (exact) mass is 1170 g/mol. The first-order chi connectivity index (χ1) is 40.9. The Morgan fingerprint density at radius 2 is 0.476 bits per heavy atom. The van der Waals surface area contributed by atoms with E-state index in [0.717, 1.165) is 39.0 Å². The zero-order valence-electron chi connectivity index (χ0n) is 57.0. The summed E-state index contributed by atoms with van der Waals surface area (Å²) < 4.78 is 5.56. The van der Waals surface area contributed by atoms with E-state index >= 15 is 0 Å². The number of thiophene rings is 2. The molecule has 2 aliphatic carbocycles. The fraction of sp³-hybridized carbons (Fsp3) is 0.385. The molecule has 456 valence electrons. The van der Waals surface area contributed by atoms with Crippen LogP contribution in [-0.4, -0.2) is 76.0 Å². The third-order valence-electron chi connectivity index (χ3n) is 12.6. The molecule has 0 fully saturated rings. The second kappa shape index (κ2) is 42.8. The van der Waals surface area contributed by atoms with E-state index in [1.54, 1.807) is 0 Å². The minimum absolute atomic E-state index is 0.992. The molecule has 2 aromatic heterocycles. The van der Waals surface area contributed by atoms with Gasteiger partial charge in [-0.05, 0) is 172 Å². The molecule has 0 radical (unpaired) electrons. The van der Waals surface area contributed by atoms with Crippen molar-refractivity contribution >= 4 is 63.0 Å². The van der Waals surface area contributed by atoms with E-state index in [-0.39, 0.29) is 0 Å². The Kier molecular flexibility index (Phi) is 38.7. The second-order valence-corrected chi connectivity index (χ2v) is 21.6. The predicted octanol–water partition coefficient (Wildman–Crippen LogP) is 23.1. The first-order valence-corrected chi connectivity index (χ1v) is 33.4. The van der Waals surface area contributed by atoms with Crippen LogP contribution in [0.3, 0.4) is 0 Å². The molecule has 2 heterocycles. The highest BCUT2D eigenvalue weighted by Crippen LogP contribution is 2.39. The first kappa shape index (κ1) is 76.1. The van der Waals surface area contributed by atoms with Crippen molar-refractivity contribution in [3.63, 3.8) is 0 Å². The molecule has 0 N–H and O–H groups in total. The Morgan fingerprint density at radius 1 is 0.250 bits per heavy atom. The largest absolute Gasteiger partial charge is 0.305 e. The van der Waals surface area contributed by atoms with Gasteiger partial charge in [0.15, 0.2) is 0 Å². The Hall–Kier alpha value is -5.96. The van der Waals surface area contributed by atoms with Crippen LogP contribution in [0, 0.1) is 0 Å². The standard InChI is InChI=1S/2C18H22N2S.2C13H10.8C2H6/c2*1-19(2)11-13-6-8-17-16(9-13)15-7-5-14(12-20(3)4)10-18(15)21-17;2*1-3-7-12-10(5-1)9-11-6-2-4-8-13(11)12;8*1-2/h2*5-10H,11-12H2,1-4H3;2*1-8H,9H2;8*1-2H3. The normalized spacial score (nSPS) is 10.4. The Balaban J connectivity index is 0.000000525. The van der Waals surface area contributed by atoms with Gasteiger partial charge in [-0.3, -0.25) is 0 Å². The maximum absolute atomic E-state index is 2.35. The third kappa shape index (κ3) is 22.5. The highest BCUT2D eigenvalue weighted by Gasteiger charge is 2.17. The van der Waals surface area contributed by atoms with Crippen LogP contribution < -0.4 is 0 Å². The van der Waals surface area contributed by atoms with Gasteiger partial charge in [-0.1, -0.05) is 244 Å². The maximum Gasteiger partial charge on any atom is 0.0358 e. The molecule has 0 bridgehead atoms. The molecule has 10 aromatic rings. The number of hydrogen-bond acceptors (Lipinski definition) is 6. The summed E-state index contributed by atoms with van der Waals surface area (Å²) in [6.07, 6.45) is 2.21. The van der Waals surface area contributed by atoms with Gasteiger partial charge in [-0.15, -0.1) is 22.7 Å². The summed E-state index contributed by atoms with van der Waals surface area (Å²) in [5, 5.41) is 5.56. The summed E-state index contributed by atoms with van der Waals surface area (Å²) in [6.45, 7) is 36.0. The lowest BCUT2D eigenvalue weighted by Crippen LogP contribution is -2.10. The lowest BCUT2D eigenvalue weighted by atomic mass is 10.1. The van der Waals surface area contributed by atoms with E-state index in [0.29, 0.717) is 0 Å². The van der Waals surface area contributed by atoms with Crippen LogP contribution in [0.15, 0.2) is 170 Å². The zero-order valence-corrected chi connectivity index (χ0v) is 58.6. The summed E-state index contributed by atoms with van der Waals surface area (Å²) in [5.41, 5.74) is 17.0.